The van der Waals surface area contributed by atoms with Gasteiger partial charge in [0.05, 0.1) is 13.2 Å². The predicted octanol–water partition coefficient (Wildman–Crippen LogP) is 4.29. The van der Waals surface area contributed by atoms with Gasteiger partial charge in [-0.2, -0.15) is 0 Å². The number of esters is 1. The van der Waals surface area contributed by atoms with E-state index in [1.165, 1.54) is 43.3 Å². The molecule has 5 nitrogen and oxygen atoms in total. The fraction of sp³-hybridized carbons (Fsp3) is 0.538. The number of aromatic nitrogens is 1. The number of carbonyl (C=O) groups excluding carboxylic acids is 1. The minimum Gasteiger partial charge on any atom is -0.468 e. The predicted molar refractivity (Wildman–Crippen MR) is 121 cm³/mol. The van der Waals surface area contributed by atoms with Gasteiger partial charge in [-0.25, -0.2) is 4.79 Å². The summed E-state index contributed by atoms with van der Waals surface area (Å²) in [5.41, 5.74) is 4.97. The first kappa shape index (κ1) is 22.0. The molecule has 0 amide bonds. The molecule has 1 aromatic carbocycles. The number of aryl methyl sites for hydroxylation is 3. The highest BCUT2D eigenvalue weighted by Gasteiger charge is 2.34. The molecule has 1 aliphatic heterocycles. The molecule has 0 saturated carbocycles. The number of benzene rings is 1. The number of hydrogen-bond donors (Lipinski definition) is 0. The Kier molecular flexibility index (Phi) is 7.71. The van der Waals surface area contributed by atoms with Gasteiger partial charge in [-0.3, -0.25) is 9.88 Å². The van der Waals surface area contributed by atoms with Gasteiger partial charge in [0.25, 0.3) is 0 Å². The van der Waals surface area contributed by atoms with E-state index in [2.05, 4.69) is 17.0 Å². The molecule has 5 heteroatoms. The molecule has 2 aromatic rings. The lowest BCUT2D eigenvalue weighted by atomic mass is 9.95. The minimum atomic E-state index is -0.352. The molecule has 0 spiro atoms. The molecule has 4 rings (SSSR count). The van der Waals surface area contributed by atoms with E-state index in [4.69, 9.17) is 14.5 Å². The Hall–Kier alpha value is -2.24. The topological polar surface area (TPSA) is 51.7 Å². The molecular formula is C26H34N2O3. The summed E-state index contributed by atoms with van der Waals surface area (Å²) in [5, 5.41) is 0. The molecule has 0 bridgehead atoms. The molecule has 1 aliphatic carbocycles. The van der Waals surface area contributed by atoms with Crippen LogP contribution in [0.4, 0.5) is 0 Å². The van der Waals surface area contributed by atoms with Crippen LogP contribution < -0.4 is 0 Å². The third-order valence-electron chi connectivity index (χ3n) is 6.50. The van der Waals surface area contributed by atoms with E-state index in [0.717, 1.165) is 57.4 Å². The van der Waals surface area contributed by atoms with Gasteiger partial charge in [-0.05, 0) is 68.6 Å². The lowest BCUT2D eigenvalue weighted by molar-refractivity contribution is -0.147. The van der Waals surface area contributed by atoms with E-state index >= 15 is 0 Å². The number of nitrogens with zero attached hydrogens (tertiary/aromatic N) is 2. The van der Waals surface area contributed by atoms with Crippen LogP contribution in [-0.2, 0) is 33.5 Å². The van der Waals surface area contributed by atoms with Gasteiger partial charge in [0.1, 0.15) is 6.04 Å². The summed E-state index contributed by atoms with van der Waals surface area (Å²) in [7, 11) is 1.46. The summed E-state index contributed by atoms with van der Waals surface area (Å²) < 4.78 is 11.2. The minimum absolute atomic E-state index is 0.178. The van der Waals surface area contributed by atoms with E-state index in [1.54, 1.807) is 0 Å². The molecule has 2 aliphatic rings. The van der Waals surface area contributed by atoms with Crippen molar-refractivity contribution in [1.29, 1.82) is 0 Å². The number of unbranched alkanes of at least 4 members (excludes halogenated alkanes) is 1. The number of rotatable bonds is 9. The van der Waals surface area contributed by atoms with Crippen molar-refractivity contribution in [3.8, 4) is 0 Å². The normalized spacial score (nSPS) is 19.7. The fourth-order valence-corrected chi connectivity index (χ4v) is 4.79. The van der Waals surface area contributed by atoms with Crippen LogP contribution in [-0.4, -0.2) is 48.8 Å². The second kappa shape index (κ2) is 10.9. The molecule has 166 valence electrons. The van der Waals surface area contributed by atoms with Gasteiger partial charge < -0.3 is 9.47 Å². The number of methoxy groups -OCH3 is 1. The van der Waals surface area contributed by atoms with Crippen LogP contribution in [0.15, 0.2) is 42.5 Å². The van der Waals surface area contributed by atoms with Crippen LogP contribution in [0, 0.1) is 0 Å². The van der Waals surface area contributed by atoms with Crippen molar-refractivity contribution in [3.05, 3.63) is 65.0 Å². The van der Waals surface area contributed by atoms with E-state index in [1.807, 2.05) is 30.3 Å². The maximum atomic E-state index is 12.4. The summed E-state index contributed by atoms with van der Waals surface area (Å²) in [6.07, 6.45) is 9.18. The number of pyridine rings is 1. The zero-order valence-electron chi connectivity index (χ0n) is 18.6. The highest BCUT2D eigenvalue weighted by molar-refractivity contribution is 5.77. The van der Waals surface area contributed by atoms with E-state index < -0.39 is 0 Å². The van der Waals surface area contributed by atoms with Crippen molar-refractivity contribution in [1.82, 2.24) is 9.88 Å². The van der Waals surface area contributed by atoms with E-state index in [0.29, 0.717) is 0 Å². The van der Waals surface area contributed by atoms with Crippen LogP contribution in [0.25, 0.3) is 0 Å². The zero-order chi connectivity index (χ0) is 21.5. The molecule has 1 unspecified atom stereocenters. The van der Waals surface area contributed by atoms with Crippen molar-refractivity contribution in [2.75, 3.05) is 26.8 Å². The number of fused-ring (bicyclic) bond motifs is 1. The average molecular weight is 423 g/mol. The molecule has 0 radical (unpaired) electrons. The van der Waals surface area contributed by atoms with E-state index in [9.17, 15) is 4.79 Å². The molecule has 2 atom stereocenters. The SMILES string of the molecule is COC(=O)C(c1ccccc1)N1CC[C@@H](OCCCCc2ccc3c(n2)CCCC3)C1. The monoisotopic (exact) mass is 422 g/mol. The second-order valence-electron chi connectivity index (χ2n) is 8.69. The van der Waals surface area contributed by atoms with Crippen LogP contribution in [0.5, 0.6) is 0 Å². The van der Waals surface area contributed by atoms with Crippen molar-refractivity contribution in [3.63, 3.8) is 0 Å². The lowest BCUT2D eigenvalue weighted by Crippen LogP contribution is -2.34. The van der Waals surface area contributed by atoms with Gasteiger partial charge in [-0.15, -0.1) is 0 Å². The smallest absolute Gasteiger partial charge is 0.327 e. The standard InChI is InChI=1S/C26H34N2O3/c1-30-26(29)25(21-10-3-2-4-11-21)28-17-16-23(19-28)31-18-8-7-12-22-15-14-20-9-5-6-13-24(20)27-22/h2-4,10-11,14-15,23,25H,5-9,12-13,16-19H2,1H3/t23-,25?/m1/s1. The Labute approximate surface area is 185 Å². The maximum Gasteiger partial charge on any atom is 0.327 e. The zero-order valence-corrected chi connectivity index (χ0v) is 18.6. The van der Waals surface area contributed by atoms with Gasteiger partial charge in [0.15, 0.2) is 0 Å². The van der Waals surface area contributed by atoms with Gasteiger partial charge in [0.2, 0.25) is 0 Å². The van der Waals surface area contributed by atoms with Gasteiger partial charge in [-0.1, -0.05) is 36.4 Å². The van der Waals surface area contributed by atoms with Crippen molar-refractivity contribution < 1.29 is 14.3 Å². The Morgan fingerprint density at radius 3 is 2.81 bits per heavy atom. The maximum absolute atomic E-state index is 12.4. The summed E-state index contributed by atoms with van der Waals surface area (Å²) in [6, 6.07) is 14.0. The number of ether oxygens (including phenoxy) is 2. The fourth-order valence-electron chi connectivity index (χ4n) is 4.79. The number of hydrogen-bond acceptors (Lipinski definition) is 5. The summed E-state index contributed by atoms with van der Waals surface area (Å²) in [6.45, 7) is 2.37. The number of likely N-dealkylation sites (tertiary alicyclic amines) is 1. The molecule has 1 fully saturated rings. The Bertz CT molecular complexity index is 855. The van der Waals surface area contributed by atoms with Crippen LogP contribution in [0.1, 0.15) is 60.7 Å². The Balaban J connectivity index is 1.20. The summed E-state index contributed by atoms with van der Waals surface area (Å²) in [4.78, 5) is 19.5. The largest absolute Gasteiger partial charge is 0.468 e. The third-order valence-corrected chi connectivity index (χ3v) is 6.50. The van der Waals surface area contributed by atoms with Crippen molar-refractivity contribution >= 4 is 5.97 Å². The first-order valence-corrected chi connectivity index (χ1v) is 11.7. The molecule has 31 heavy (non-hydrogen) atoms. The van der Waals surface area contributed by atoms with E-state index in [-0.39, 0.29) is 18.1 Å². The van der Waals surface area contributed by atoms with Crippen molar-refractivity contribution in [2.24, 2.45) is 0 Å². The lowest BCUT2D eigenvalue weighted by Gasteiger charge is -2.25. The van der Waals surface area contributed by atoms with Gasteiger partial charge in [0, 0.05) is 31.1 Å². The summed E-state index contributed by atoms with van der Waals surface area (Å²) in [5.74, 6) is -0.204. The van der Waals surface area contributed by atoms with Crippen LogP contribution in [0.3, 0.4) is 0 Å². The van der Waals surface area contributed by atoms with Crippen LogP contribution >= 0.6 is 0 Å². The summed E-state index contributed by atoms with van der Waals surface area (Å²) >= 11 is 0. The second-order valence-corrected chi connectivity index (χ2v) is 8.69. The third kappa shape index (κ3) is 5.72. The van der Waals surface area contributed by atoms with Crippen molar-refractivity contribution in [2.45, 2.75) is 63.5 Å². The molecule has 2 heterocycles. The molecule has 1 saturated heterocycles. The first-order chi connectivity index (χ1) is 15.2. The highest BCUT2D eigenvalue weighted by Crippen LogP contribution is 2.27. The highest BCUT2D eigenvalue weighted by atomic mass is 16.5. The quantitative estimate of drug-likeness (QED) is 0.446. The molecule has 1 aromatic heterocycles. The molecular weight excluding hydrogens is 388 g/mol. The number of carbonyl (C=O) groups is 1. The molecule has 0 N–H and O–H groups in total. The van der Waals surface area contributed by atoms with Gasteiger partial charge >= 0.3 is 5.97 Å². The Morgan fingerprint density at radius 2 is 1.97 bits per heavy atom. The Morgan fingerprint density at radius 1 is 1.13 bits per heavy atom. The average Bonchev–Trinajstić information content (AvgIpc) is 3.27. The first-order valence-electron chi connectivity index (χ1n) is 11.7. The van der Waals surface area contributed by atoms with Crippen LogP contribution in [0.2, 0.25) is 0 Å².